The summed E-state index contributed by atoms with van der Waals surface area (Å²) in [5.41, 5.74) is -0.0609. The van der Waals surface area contributed by atoms with E-state index in [-0.39, 0.29) is 0 Å². The van der Waals surface area contributed by atoms with Gasteiger partial charge in [0.05, 0.1) is 0 Å². The summed E-state index contributed by atoms with van der Waals surface area (Å²) in [7, 11) is 0. The molecule has 1 heterocycles. The minimum absolute atomic E-state index is 1.09. The summed E-state index contributed by atoms with van der Waals surface area (Å²) >= 11 is 0. The van der Waals surface area contributed by atoms with Crippen LogP contribution in [0.15, 0.2) is 0 Å². The number of nitrogens with one attached hydrogen (secondary N) is 1. The zero-order valence-electron chi connectivity index (χ0n) is 6.84. The molecule has 1 fully saturated rings. The summed E-state index contributed by atoms with van der Waals surface area (Å²) in [5.74, 6) is -1.43. The van der Waals surface area contributed by atoms with Gasteiger partial charge in [-0.15, -0.1) is 0 Å². The van der Waals surface area contributed by atoms with Crippen LogP contribution in [0.5, 0.6) is 0 Å². The largest absolute Gasteiger partial charge is 0.479 e. The van der Waals surface area contributed by atoms with Gasteiger partial charge in [-0.25, -0.2) is 4.79 Å². The molecule has 0 aromatic heterocycles. The molecule has 1 aliphatic heterocycles. The molecule has 0 saturated carbocycles. The number of rotatable bonds is 1. The summed E-state index contributed by atoms with van der Waals surface area (Å²) in [6.45, 7) is 1.09. The van der Waals surface area contributed by atoms with E-state index < -0.39 is 30.0 Å². The third kappa shape index (κ3) is 1.52. The smallest absolute Gasteiger partial charge is 0.340 e. The van der Waals surface area contributed by atoms with Gasteiger partial charge in [-0.05, 0) is 6.92 Å². The van der Waals surface area contributed by atoms with Gasteiger partial charge in [-0.2, -0.15) is 5.48 Å². The van der Waals surface area contributed by atoms with Crippen LogP contribution in [0.25, 0.3) is 0 Å². The first-order valence-corrected chi connectivity index (χ1v) is 3.60. The van der Waals surface area contributed by atoms with Gasteiger partial charge >= 0.3 is 5.97 Å². The molecule has 13 heavy (non-hydrogen) atoms. The fourth-order valence-electron chi connectivity index (χ4n) is 0.982. The molecule has 0 unspecified atom stereocenters. The summed E-state index contributed by atoms with van der Waals surface area (Å²) in [4.78, 5) is 15.1. The van der Waals surface area contributed by atoms with Gasteiger partial charge in [0.25, 0.3) is 0 Å². The predicted octanol–water partition coefficient (Wildman–Crippen LogP) is -2.60. The van der Waals surface area contributed by atoms with Crippen molar-refractivity contribution in [1.82, 2.24) is 5.48 Å². The fourth-order valence-corrected chi connectivity index (χ4v) is 0.982. The normalized spacial score (nSPS) is 46.0. The number of aliphatic carboxylic acids is 1. The first kappa shape index (κ1) is 10.4. The number of carboxylic acid groups (broad SMARTS) is 1. The van der Waals surface area contributed by atoms with Gasteiger partial charge in [0.15, 0.2) is 6.23 Å². The molecule has 5 N–H and O–H groups in total. The standard InChI is InChI=1S/C6H11NO6/c1-6(5(11)12)3(9)2(8)4(10)7-13-6/h2-4,7-10H,1H3,(H,11,12)/t2-,3+,4+,6+/m0/s1. The quantitative estimate of drug-likeness (QED) is 0.310. The molecule has 0 aromatic rings. The molecule has 1 aliphatic rings. The molecule has 7 heteroatoms. The number of hydroxylamine groups is 1. The Morgan fingerprint density at radius 2 is 2.00 bits per heavy atom. The Balaban J connectivity index is 2.85. The van der Waals surface area contributed by atoms with Crippen molar-refractivity contribution in [2.45, 2.75) is 31.0 Å². The van der Waals surface area contributed by atoms with E-state index in [1.807, 2.05) is 5.48 Å². The predicted molar refractivity (Wildman–Crippen MR) is 38.3 cm³/mol. The zero-order valence-corrected chi connectivity index (χ0v) is 6.84. The lowest BCUT2D eigenvalue weighted by Crippen LogP contribution is -2.66. The van der Waals surface area contributed by atoms with Crippen molar-refractivity contribution in [2.24, 2.45) is 0 Å². The number of hydrogen-bond donors (Lipinski definition) is 5. The molecule has 0 aromatic carbocycles. The van der Waals surface area contributed by atoms with Crippen molar-refractivity contribution in [3.63, 3.8) is 0 Å². The second-order valence-electron chi connectivity index (χ2n) is 3.01. The van der Waals surface area contributed by atoms with E-state index in [4.69, 9.17) is 15.3 Å². The van der Waals surface area contributed by atoms with Gasteiger partial charge in [-0.3, -0.25) is 4.84 Å². The van der Waals surface area contributed by atoms with E-state index in [0.29, 0.717) is 0 Å². The lowest BCUT2D eigenvalue weighted by Gasteiger charge is -2.39. The van der Waals surface area contributed by atoms with Crippen LogP contribution >= 0.6 is 0 Å². The summed E-state index contributed by atoms with van der Waals surface area (Å²) in [5, 5.41) is 36.0. The van der Waals surface area contributed by atoms with Crippen molar-refractivity contribution in [1.29, 1.82) is 0 Å². The van der Waals surface area contributed by atoms with Gasteiger partial charge < -0.3 is 20.4 Å². The Labute approximate surface area is 73.5 Å². The summed E-state index contributed by atoms with van der Waals surface area (Å²) in [6.07, 6.45) is -4.79. The molecule has 7 nitrogen and oxygen atoms in total. The molecule has 1 rings (SSSR count). The van der Waals surface area contributed by atoms with Crippen LogP contribution in [0.1, 0.15) is 6.92 Å². The maximum atomic E-state index is 10.6. The highest BCUT2D eigenvalue weighted by Crippen LogP contribution is 2.23. The van der Waals surface area contributed by atoms with Crippen LogP contribution in [0.2, 0.25) is 0 Å². The Hall–Kier alpha value is -0.730. The Morgan fingerprint density at radius 1 is 1.46 bits per heavy atom. The van der Waals surface area contributed by atoms with Gasteiger partial charge in [0.2, 0.25) is 5.60 Å². The van der Waals surface area contributed by atoms with Gasteiger partial charge in [0, 0.05) is 0 Å². The lowest BCUT2D eigenvalue weighted by atomic mass is 9.93. The Morgan fingerprint density at radius 3 is 2.46 bits per heavy atom. The topological polar surface area (TPSA) is 119 Å². The van der Waals surface area contributed by atoms with Crippen molar-refractivity contribution in [3.8, 4) is 0 Å². The number of carbonyl (C=O) groups is 1. The van der Waals surface area contributed by atoms with Gasteiger partial charge in [-0.1, -0.05) is 0 Å². The highest BCUT2D eigenvalue weighted by Gasteiger charge is 2.52. The summed E-state index contributed by atoms with van der Waals surface area (Å²) < 4.78 is 0. The average molecular weight is 193 g/mol. The van der Waals surface area contributed by atoms with Crippen molar-refractivity contribution in [2.75, 3.05) is 0 Å². The van der Waals surface area contributed by atoms with Gasteiger partial charge in [0.1, 0.15) is 12.2 Å². The first-order valence-electron chi connectivity index (χ1n) is 3.60. The van der Waals surface area contributed by atoms with Crippen LogP contribution in [-0.4, -0.2) is 50.4 Å². The highest BCUT2D eigenvalue weighted by atomic mass is 16.7. The maximum Gasteiger partial charge on any atom is 0.340 e. The molecule has 1 saturated heterocycles. The van der Waals surface area contributed by atoms with Crippen molar-refractivity contribution < 1.29 is 30.1 Å². The summed E-state index contributed by atoms with van der Waals surface area (Å²) in [6, 6.07) is 0. The van der Waals surface area contributed by atoms with E-state index in [1.54, 1.807) is 0 Å². The Bertz CT molecular complexity index is 221. The molecule has 0 aliphatic carbocycles. The van der Waals surface area contributed by atoms with Crippen molar-refractivity contribution >= 4 is 5.97 Å². The zero-order chi connectivity index (χ0) is 10.2. The number of aliphatic hydroxyl groups excluding tert-OH is 3. The molecule has 0 bridgehead atoms. The van der Waals surface area contributed by atoms with E-state index in [9.17, 15) is 9.90 Å². The van der Waals surface area contributed by atoms with Crippen LogP contribution in [0.3, 0.4) is 0 Å². The van der Waals surface area contributed by atoms with E-state index in [2.05, 4.69) is 4.84 Å². The molecule has 4 atom stereocenters. The second-order valence-corrected chi connectivity index (χ2v) is 3.01. The SMILES string of the molecule is C[C@@]1(C(=O)O)ON[C@H](O)[C@@H](O)[C@H]1O. The van der Waals surface area contributed by atoms with Crippen molar-refractivity contribution in [3.05, 3.63) is 0 Å². The molecule has 76 valence electrons. The third-order valence-electron chi connectivity index (χ3n) is 2.03. The fraction of sp³-hybridized carbons (Fsp3) is 0.833. The third-order valence-corrected chi connectivity index (χ3v) is 2.03. The van der Waals surface area contributed by atoms with Crippen LogP contribution in [-0.2, 0) is 9.63 Å². The molecule has 0 radical (unpaired) electrons. The van der Waals surface area contributed by atoms with Crippen LogP contribution in [0.4, 0.5) is 0 Å². The van der Waals surface area contributed by atoms with E-state index >= 15 is 0 Å². The average Bonchev–Trinajstić information content (AvgIpc) is 2.08. The first-order chi connectivity index (χ1) is 5.89. The molecule has 0 spiro atoms. The maximum absolute atomic E-state index is 10.6. The molecular formula is C6H11NO6. The van der Waals surface area contributed by atoms with Crippen LogP contribution in [0, 0.1) is 0 Å². The second kappa shape index (κ2) is 3.20. The van der Waals surface area contributed by atoms with E-state index in [0.717, 1.165) is 6.92 Å². The highest BCUT2D eigenvalue weighted by molar-refractivity contribution is 5.78. The number of aliphatic hydroxyl groups is 3. The minimum Gasteiger partial charge on any atom is -0.479 e. The number of carboxylic acids is 1. The van der Waals surface area contributed by atoms with E-state index in [1.165, 1.54) is 0 Å². The molecular weight excluding hydrogens is 182 g/mol. The Kier molecular flexibility index (Phi) is 2.55. The number of hydrogen-bond acceptors (Lipinski definition) is 6. The lowest BCUT2D eigenvalue weighted by molar-refractivity contribution is -0.274. The monoisotopic (exact) mass is 193 g/mol. The van der Waals surface area contributed by atoms with Crippen LogP contribution < -0.4 is 5.48 Å². The minimum atomic E-state index is -1.96. The molecule has 0 amide bonds.